The summed E-state index contributed by atoms with van der Waals surface area (Å²) in [6.45, 7) is 0. The highest BCUT2D eigenvalue weighted by atomic mass is 16.5. The third-order valence-corrected chi connectivity index (χ3v) is 3.52. The van der Waals surface area contributed by atoms with Crippen molar-refractivity contribution < 1.29 is 4.74 Å². The van der Waals surface area contributed by atoms with Crippen LogP contribution in [0.25, 0.3) is 23.1 Å². The third kappa shape index (κ3) is 1.41. The summed E-state index contributed by atoms with van der Waals surface area (Å²) in [7, 11) is 0. The van der Waals surface area contributed by atoms with Crippen LogP contribution < -0.4 is 20.9 Å². The molecule has 0 spiro atoms. The van der Waals surface area contributed by atoms with Crippen molar-refractivity contribution in [1.29, 1.82) is 0 Å². The first-order valence-electron chi connectivity index (χ1n) is 6.27. The molecule has 0 saturated carbocycles. The van der Waals surface area contributed by atoms with Gasteiger partial charge in [-0.05, 0) is 17.7 Å². The summed E-state index contributed by atoms with van der Waals surface area (Å²) in [6, 6.07) is 12.1. The highest BCUT2D eigenvalue weighted by Crippen LogP contribution is 2.31. The number of aliphatic imine (C=N–C) groups is 1. The Balaban J connectivity index is 2.18. The molecule has 0 atom stereocenters. The minimum Gasteiger partial charge on any atom is -0.440 e. The molecular formula is C16H12N2O. The van der Waals surface area contributed by atoms with E-state index in [0.29, 0.717) is 5.88 Å². The van der Waals surface area contributed by atoms with Crippen molar-refractivity contribution in [3.63, 3.8) is 0 Å². The second-order valence-corrected chi connectivity index (χ2v) is 4.63. The van der Waals surface area contributed by atoms with Crippen LogP contribution in [0.5, 0.6) is 5.75 Å². The fourth-order valence-corrected chi connectivity index (χ4v) is 2.69. The maximum Gasteiger partial charge on any atom is 0.199 e. The van der Waals surface area contributed by atoms with E-state index in [1.54, 1.807) is 0 Å². The SMILES string of the molecule is NC1=c2c(ccc3c2=CCC=N3)-c2ccccc2O1. The van der Waals surface area contributed by atoms with Gasteiger partial charge in [-0.2, -0.15) is 0 Å². The van der Waals surface area contributed by atoms with Crippen molar-refractivity contribution in [2.75, 3.05) is 0 Å². The van der Waals surface area contributed by atoms with Gasteiger partial charge in [0.2, 0.25) is 0 Å². The summed E-state index contributed by atoms with van der Waals surface area (Å²) in [6.07, 6.45) is 4.88. The Morgan fingerprint density at radius 2 is 1.95 bits per heavy atom. The molecule has 3 nitrogen and oxygen atoms in total. The Kier molecular flexibility index (Phi) is 2.03. The number of fused-ring (bicyclic) bond motifs is 5. The second-order valence-electron chi connectivity index (χ2n) is 4.63. The largest absolute Gasteiger partial charge is 0.440 e. The highest BCUT2D eigenvalue weighted by molar-refractivity contribution is 5.81. The molecule has 2 aromatic rings. The summed E-state index contributed by atoms with van der Waals surface area (Å²) >= 11 is 0. The molecule has 2 aliphatic heterocycles. The smallest absolute Gasteiger partial charge is 0.199 e. The van der Waals surface area contributed by atoms with Crippen LogP contribution in [0.3, 0.4) is 0 Å². The monoisotopic (exact) mass is 248 g/mol. The first-order chi connectivity index (χ1) is 9.34. The molecule has 4 rings (SSSR count). The molecule has 2 heterocycles. The number of nitrogens with zero attached hydrogens (tertiary/aromatic N) is 1. The van der Waals surface area contributed by atoms with Crippen LogP contribution in [0.1, 0.15) is 6.42 Å². The number of ether oxygens (including phenoxy) is 1. The van der Waals surface area contributed by atoms with Crippen molar-refractivity contribution in [2.45, 2.75) is 6.42 Å². The van der Waals surface area contributed by atoms with Gasteiger partial charge < -0.3 is 10.5 Å². The van der Waals surface area contributed by atoms with Gasteiger partial charge in [0.1, 0.15) is 5.75 Å². The van der Waals surface area contributed by atoms with Gasteiger partial charge in [-0.15, -0.1) is 0 Å². The zero-order valence-corrected chi connectivity index (χ0v) is 10.3. The first-order valence-corrected chi connectivity index (χ1v) is 6.27. The molecule has 0 fully saturated rings. The number of rotatable bonds is 0. The molecule has 0 aromatic heterocycles. The van der Waals surface area contributed by atoms with E-state index in [9.17, 15) is 0 Å². The van der Waals surface area contributed by atoms with Gasteiger partial charge in [0.15, 0.2) is 5.88 Å². The van der Waals surface area contributed by atoms with Crippen LogP contribution in [0.15, 0.2) is 41.4 Å². The van der Waals surface area contributed by atoms with E-state index in [0.717, 1.165) is 39.4 Å². The van der Waals surface area contributed by atoms with Gasteiger partial charge in [-0.1, -0.05) is 30.3 Å². The van der Waals surface area contributed by atoms with Crippen molar-refractivity contribution in [3.05, 3.63) is 46.8 Å². The fraction of sp³-hybridized carbons (Fsp3) is 0.0625. The summed E-state index contributed by atoms with van der Waals surface area (Å²) < 4.78 is 5.75. The number of hydrogen-bond acceptors (Lipinski definition) is 3. The average molecular weight is 248 g/mol. The highest BCUT2D eigenvalue weighted by Gasteiger charge is 2.18. The van der Waals surface area contributed by atoms with E-state index < -0.39 is 0 Å². The quantitative estimate of drug-likeness (QED) is 0.770. The molecular weight excluding hydrogens is 236 g/mol. The maximum atomic E-state index is 6.11. The molecule has 92 valence electrons. The normalized spacial score (nSPS) is 14.8. The topological polar surface area (TPSA) is 47.6 Å². The zero-order chi connectivity index (χ0) is 12.8. The Bertz CT molecular complexity index is 834. The van der Waals surface area contributed by atoms with Crippen LogP contribution in [0.2, 0.25) is 0 Å². The molecule has 0 saturated heterocycles. The molecule has 2 aromatic carbocycles. The zero-order valence-electron chi connectivity index (χ0n) is 10.3. The van der Waals surface area contributed by atoms with Gasteiger partial charge in [0.05, 0.1) is 10.9 Å². The minimum absolute atomic E-state index is 0.457. The molecule has 3 heteroatoms. The van der Waals surface area contributed by atoms with Crippen molar-refractivity contribution in [2.24, 2.45) is 10.7 Å². The lowest BCUT2D eigenvalue weighted by atomic mass is 9.97. The van der Waals surface area contributed by atoms with Gasteiger partial charge in [-0.3, -0.25) is 4.99 Å². The Hall–Kier alpha value is -2.55. The molecule has 0 unspecified atom stereocenters. The van der Waals surface area contributed by atoms with E-state index >= 15 is 0 Å². The van der Waals surface area contributed by atoms with Gasteiger partial charge in [-0.25, -0.2) is 0 Å². The number of nitrogens with two attached hydrogens (primary N) is 1. The number of benzene rings is 2. The lowest BCUT2D eigenvalue weighted by Gasteiger charge is -2.19. The van der Waals surface area contributed by atoms with Gasteiger partial charge in [0.25, 0.3) is 0 Å². The molecule has 19 heavy (non-hydrogen) atoms. The Morgan fingerprint density at radius 3 is 2.89 bits per heavy atom. The Morgan fingerprint density at radius 1 is 1.05 bits per heavy atom. The van der Waals surface area contributed by atoms with E-state index in [2.05, 4.69) is 23.2 Å². The second kappa shape index (κ2) is 3.72. The standard InChI is InChI=1S/C16H12N2O/c17-16-15-11(10-4-1-2-6-14(10)19-16)7-8-13-12(15)5-3-9-18-13/h1-2,4-9H,3,17H2. The predicted octanol–water partition coefficient (Wildman–Crippen LogP) is 1.66. The van der Waals surface area contributed by atoms with E-state index in [-0.39, 0.29) is 0 Å². The Labute approximate surface area is 110 Å². The number of hydrogen-bond donors (Lipinski definition) is 1. The first kappa shape index (κ1) is 10.4. The van der Waals surface area contributed by atoms with Crippen LogP contribution >= 0.6 is 0 Å². The van der Waals surface area contributed by atoms with Gasteiger partial charge >= 0.3 is 0 Å². The van der Waals surface area contributed by atoms with E-state index in [4.69, 9.17) is 10.5 Å². The third-order valence-electron chi connectivity index (χ3n) is 3.52. The van der Waals surface area contributed by atoms with Crippen LogP contribution in [0, 0.1) is 0 Å². The maximum absolute atomic E-state index is 6.11. The van der Waals surface area contributed by atoms with E-state index in [1.807, 2.05) is 30.5 Å². The summed E-state index contributed by atoms with van der Waals surface area (Å²) in [4.78, 5) is 4.41. The van der Waals surface area contributed by atoms with Crippen LogP contribution in [0.4, 0.5) is 5.69 Å². The van der Waals surface area contributed by atoms with E-state index in [1.165, 1.54) is 0 Å². The molecule has 0 amide bonds. The molecule has 0 bridgehead atoms. The van der Waals surface area contributed by atoms with Crippen LogP contribution in [-0.2, 0) is 0 Å². The minimum atomic E-state index is 0.457. The van der Waals surface area contributed by atoms with Crippen molar-refractivity contribution >= 4 is 23.9 Å². The van der Waals surface area contributed by atoms with Gasteiger partial charge in [0, 0.05) is 23.4 Å². The molecule has 2 N–H and O–H groups in total. The predicted molar refractivity (Wildman–Crippen MR) is 76.6 cm³/mol. The van der Waals surface area contributed by atoms with Crippen molar-refractivity contribution in [3.8, 4) is 16.9 Å². The molecule has 2 aliphatic rings. The van der Waals surface area contributed by atoms with Crippen LogP contribution in [-0.4, -0.2) is 6.21 Å². The molecule has 0 aliphatic carbocycles. The van der Waals surface area contributed by atoms with Crippen molar-refractivity contribution in [1.82, 2.24) is 0 Å². The molecule has 0 radical (unpaired) electrons. The number of para-hydroxylation sites is 1. The lowest BCUT2D eigenvalue weighted by Crippen LogP contribution is -2.36. The lowest BCUT2D eigenvalue weighted by molar-refractivity contribution is 0.495. The summed E-state index contributed by atoms with van der Waals surface area (Å²) in [5.74, 6) is 1.27. The summed E-state index contributed by atoms with van der Waals surface area (Å²) in [5.41, 5.74) is 9.26. The summed E-state index contributed by atoms with van der Waals surface area (Å²) in [5, 5.41) is 2.04. The average Bonchev–Trinajstić information content (AvgIpc) is 2.46. The fourth-order valence-electron chi connectivity index (χ4n) is 2.69.